The molecule has 1 aliphatic rings. The topological polar surface area (TPSA) is 24.9 Å². The Bertz CT molecular complexity index is 395. The van der Waals surface area contributed by atoms with Gasteiger partial charge in [-0.3, -0.25) is 0 Å². The van der Waals surface area contributed by atoms with Crippen LogP contribution in [0.1, 0.15) is 58.6 Å². The zero-order chi connectivity index (χ0) is 13.7. The zero-order valence-corrected chi connectivity index (χ0v) is 13.2. The summed E-state index contributed by atoms with van der Waals surface area (Å²) in [4.78, 5) is 4.41. The van der Waals surface area contributed by atoms with E-state index < -0.39 is 0 Å². The van der Waals surface area contributed by atoms with Gasteiger partial charge in [0.2, 0.25) is 0 Å². The number of nitrogens with one attached hydrogen (secondary N) is 1. The maximum absolute atomic E-state index is 4.41. The maximum atomic E-state index is 4.41. The number of nitrogens with zero attached hydrogens (tertiary/aromatic N) is 1. The molecule has 0 radical (unpaired) electrons. The Morgan fingerprint density at radius 1 is 1.37 bits per heavy atom. The lowest BCUT2D eigenvalue weighted by molar-refractivity contribution is 0.378. The summed E-state index contributed by atoms with van der Waals surface area (Å²) in [5.41, 5.74) is 4.76. The molecule has 1 saturated carbocycles. The second-order valence-electron chi connectivity index (χ2n) is 6.57. The van der Waals surface area contributed by atoms with Crippen molar-refractivity contribution in [2.45, 2.75) is 58.4 Å². The minimum Gasteiger partial charge on any atom is -0.308 e. The van der Waals surface area contributed by atoms with Crippen molar-refractivity contribution in [3.05, 3.63) is 22.2 Å². The average molecular weight is 278 g/mol. The molecule has 1 aromatic heterocycles. The van der Waals surface area contributed by atoms with Crippen molar-refractivity contribution in [2.24, 2.45) is 5.92 Å². The molecule has 1 aromatic rings. The molecule has 19 heavy (non-hydrogen) atoms. The lowest BCUT2D eigenvalue weighted by Crippen LogP contribution is -2.38. The smallest absolute Gasteiger partial charge is 0.0798 e. The van der Waals surface area contributed by atoms with Gasteiger partial charge in [-0.05, 0) is 45.6 Å². The van der Waals surface area contributed by atoms with Gasteiger partial charge < -0.3 is 5.32 Å². The molecule has 0 spiro atoms. The molecular weight excluding hydrogens is 252 g/mol. The van der Waals surface area contributed by atoms with Gasteiger partial charge in [-0.1, -0.05) is 24.8 Å². The summed E-state index contributed by atoms with van der Waals surface area (Å²) in [7, 11) is 0. The standard InChI is InChI=1S/C16H26N2S/c1-16(2,3)18-10-14(9-15-11-19-12-17-15)13-7-5-4-6-8-13/h9,11-13,18H,4-8,10H2,1-3H3. The third kappa shape index (κ3) is 5.07. The Kier molecular flexibility index (Phi) is 5.17. The minimum absolute atomic E-state index is 0.176. The Balaban J connectivity index is 2.08. The molecule has 1 N–H and O–H groups in total. The van der Waals surface area contributed by atoms with Gasteiger partial charge in [-0.2, -0.15) is 0 Å². The number of hydrogen-bond donors (Lipinski definition) is 1. The van der Waals surface area contributed by atoms with E-state index in [1.54, 1.807) is 16.9 Å². The molecule has 2 rings (SSSR count). The Morgan fingerprint density at radius 2 is 2.11 bits per heavy atom. The Hall–Kier alpha value is -0.670. The van der Waals surface area contributed by atoms with E-state index in [0.29, 0.717) is 0 Å². The summed E-state index contributed by atoms with van der Waals surface area (Å²) in [6, 6.07) is 0. The van der Waals surface area contributed by atoms with Gasteiger partial charge in [0.25, 0.3) is 0 Å². The summed E-state index contributed by atoms with van der Waals surface area (Å²) >= 11 is 1.68. The third-order valence-electron chi connectivity index (χ3n) is 3.74. The number of thiazole rings is 1. The summed E-state index contributed by atoms with van der Waals surface area (Å²) < 4.78 is 0. The maximum Gasteiger partial charge on any atom is 0.0798 e. The van der Waals surface area contributed by atoms with E-state index >= 15 is 0 Å². The van der Waals surface area contributed by atoms with Crippen LogP contribution in [0.15, 0.2) is 16.5 Å². The summed E-state index contributed by atoms with van der Waals surface area (Å²) in [6.07, 6.45) is 9.19. The first kappa shape index (κ1) is 14.7. The van der Waals surface area contributed by atoms with E-state index in [2.05, 4.69) is 42.5 Å². The van der Waals surface area contributed by atoms with Crippen molar-refractivity contribution in [1.29, 1.82) is 0 Å². The molecular formula is C16H26N2S. The molecule has 1 aliphatic carbocycles. The molecule has 0 aliphatic heterocycles. The van der Waals surface area contributed by atoms with Crippen LogP contribution in [0.3, 0.4) is 0 Å². The molecule has 3 heteroatoms. The SMILES string of the molecule is CC(C)(C)NCC(=Cc1cscn1)C1CCCCC1. The highest BCUT2D eigenvalue weighted by atomic mass is 32.1. The van der Waals surface area contributed by atoms with Crippen LogP contribution in [-0.2, 0) is 0 Å². The number of hydrogen-bond acceptors (Lipinski definition) is 3. The van der Waals surface area contributed by atoms with E-state index in [-0.39, 0.29) is 5.54 Å². The second-order valence-corrected chi connectivity index (χ2v) is 7.29. The van der Waals surface area contributed by atoms with E-state index in [0.717, 1.165) is 18.2 Å². The molecule has 1 heterocycles. The lowest BCUT2D eigenvalue weighted by Gasteiger charge is -2.28. The molecule has 0 unspecified atom stereocenters. The quantitative estimate of drug-likeness (QED) is 0.877. The van der Waals surface area contributed by atoms with Crippen LogP contribution in [0.2, 0.25) is 0 Å². The van der Waals surface area contributed by atoms with Crippen molar-refractivity contribution in [1.82, 2.24) is 10.3 Å². The van der Waals surface area contributed by atoms with Crippen molar-refractivity contribution < 1.29 is 0 Å². The van der Waals surface area contributed by atoms with Crippen LogP contribution < -0.4 is 5.32 Å². The fourth-order valence-electron chi connectivity index (χ4n) is 2.64. The normalized spacial score (nSPS) is 18.8. The highest BCUT2D eigenvalue weighted by molar-refractivity contribution is 7.07. The molecule has 106 valence electrons. The monoisotopic (exact) mass is 278 g/mol. The third-order valence-corrected chi connectivity index (χ3v) is 4.34. The van der Waals surface area contributed by atoms with Crippen LogP contribution in [0.25, 0.3) is 6.08 Å². The van der Waals surface area contributed by atoms with Gasteiger partial charge in [0.1, 0.15) is 0 Å². The van der Waals surface area contributed by atoms with Gasteiger partial charge in [-0.15, -0.1) is 11.3 Å². The van der Waals surface area contributed by atoms with Crippen LogP contribution in [0.4, 0.5) is 0 Å². The Morgan fingerprint density at radius 3 is 2.68 bits per heavy atom. The second kappa shape index (κ2) is 6.67. The fraction of sp³-hybridized carbons (Fsp3) is 0.688. The van der Waals surface area contributed by atoms with E-state index in [1.165, 1.54) is 32.1 Å². The van der Waals surface area contributed by atoms with Gasteiger partial charge in [0.05, 0.1) is 11.2 Å². The minimum atomic E-state index is 0.176. The van der Waals surface area contributed by atoms with Crippen LogP contribution in [0, 0.1) is 5.92 Å². The van der Waals surface area contributed by atoms with Crippen molar-refractivity contribution in [2.75, 3.05) is 6.54 Å². The van der Waals surface area contributed by atoms with E-state index in [1.807, 2.05) is 5.51 Å². The first-order valence-corrected chi connectivity index (χ1v) is 8.32. The summed E-state index contributed by atoms with van der Waals surface area (Å²) in [5.74, 6) is 0.755. The highest BCUT2D eigenvalue weighted by Gasteiger charge is 2.19. The van der Waals surface area contributed by atoms with Gasteiger partial charge in [-0.25, -0.2) is 4.98 Å². The van der Waals surface area contributed by atoms with Crippen molar-refractivity contribution >= 4 is 17.4 Å². The molecule has 0 aromatic carbocycles. The van der Waals surface area contributed by atoms with E-state index in [9.17, 15) is 0 Å². The average Bonchev–Trinajstić information content (AvgIpc) is 2.87. The van der Waals surface area contributed by atoms with Crippen LogP contribution >= 0.6 is 11.3 Å². The molecule has 0 saturated heterocycles. The van der Waals surface area contributed by atoms with Crippen LogP contribution in [-0.4, -0.2) is 17.1 Å². The Labute approximate surface area is 121 Å². The predicted octanol–water partition coefficient (Wildman–Crippen LogP) is 4.49. The van der Waals surface area contributed by atoms with Crippen LogP contribution in [0.5, 0.6) is 0 Å². The molecule has 2 nitrogen and oxygen atoms in total. The number of rotatable bonds is 4. The summed E-state index contributed by atoms with van der Waals surface area (Å²) in [6.45, 7) is 7.68. The first-order chi connectivity index (χ1) is 9.04. The first-order valence-electron chi connectivity index (χ1n) is 7.38. The lowest BCUT2D eigenvalue weighted by atomic mass is 9.83. The molecule has 0 bridgehead atoms. The van der Waals surface area contributed by atoms with Crippen molar-refractivity contribution in [3.8, 4) is 0 Å². The van der Waals surface area contributed by atoms with Crippen molar-refractivity contribution in [3.63, 3.8) is 0 Å². The van der Waals surface area contributed by atoms with Gasteiger partial charge in [0.15, 0.2) is 0 Å². The number of aromatic nitrogens is 1. The summed E-state index contributed by atoms with van der Waals surface area (Å²) in [5, 5.41) is 5.78. The largest absolute Gasteiger partial charge is 0.308 e. The molecule has 1 fully saturated rings. The fourth-order valence-corrected chi connectivity index (χ4v) is 3.15. The van der Waals surface area contributed by atoms with Gasteiger partial charge >= 0.3 is 0 Å². The van der Waals surface area contributed by atoms with E-state index in [4.69, 9.17) is 0 Å². The molecule has 0 atom stereocenters. The predicted molar refractivity (Wildman–Crippen MR) is 84.4 cm³/mol. The zero-order valence-electron chi connectivity index (χ0n) is 12.4. The molecule has 0 amide bonds. The highest BCUT2D eigenvalue weighted by Crippen LogP contribution is 2.30. The van der Waals surface area contributed by atoms with Gasteiger partial charge in [0, 0.05) is 17.5 Å².